The number of benzene rings is 2. The standard InChI is InChI=1S/C19H19NO3S/c1-2-22-18(21)19(20-12-13-24-19)16-10-6-7-11-17(16)23-14-15-8-4-3-5-9-15/h3-13,20H,2,14H2,1H3. The molecule has 0 radical (unpaired) electrons. The van der Waals surface area contributed by atoms with Crippen molar-refractivity contribution in [2.45, 2.75) is 18.4 Å². The second-order valence-corrected chi connectivity index (χ2v) is 6.36. The molecule has 0 saturated carbocycles. The van der Waals surface area contributed by atoms with Gasteiger partial charge in [0.15, 0.2) is 0 Å². The second-order valence-electron chi connectivity index (χ2n) is 5.24. The minimum Gasteiger partial charge on any atom is -0.488 e. The number of nitrogens with one attached hydrogen (secondary N) is 1. The van der Waals surface area contributed by atoms with Crippen LogP contribution < -0.4 is 10.1 Å². The first-order valence-corrected chi connectivity index (χ1v) is 8.68. The van der Waals surface area contributed by atoms with Crippen molar-refractivity contribution in [2.24, 2.45) is 0 Å². The third kappa shape index (κ3) is 3.26. The fourth-order valence-electron chi connectivity index (χ4n) is 2.53. The molecule has 1 N–H and O–H groups in total. The Balaban J connectivity index is 1.88. The average Bonchev–Trinajstić information content (AvgIpc) is 3.12. The molecule has 0 aromatic heterocycles. The zero-order valence-electron chi connectivity index (χ0n) is 13.4. The van der Waals surface area contributed by atoms with Gasteiger partial charge in [0.25, 0.3) is 0 Å². The fourth-order valence-corrected chi connectivity index (χ4v) is 3.46. The minimum absolute atomic E-state index is 0.323. The Hall–Kier alpha value is -2.40. The van der Waals surface area contributed by atoms with Gasteiger partial charge in [-0.1, -0.05) is 60.3 Å². The number of carbonyl (C=O) groups excluding carboxylic acids is 1. The summed E-state index contributed by atoms with van der Waals surface area (Å²) in [4.78, 5) is 11.6. The maximum Gasteiger partial charge on any atom is 0.347 e. The molecule has 2 aromatic rings. The van der Waals surface area contributed by atoms with Gasteiger partial charge in [-0.2, -0.15) is 0 Å². The van der Waals surface area contributed by atoms with Gasteiger partial charge in [-0.25, -0.2) is 4.79 Å². The average molecular weight is 341 g/mol. The Kier molecular flexibility index (Phi) is 5.11. The molecule has 0 bridgehead atoms. The molecular weight excluding hydrogens is 322 g/mol. The summed E-state index contributed by atoms with van der Waals surface area (Å²) in [5.41, 5.74) is 1.83. The molecule has 2 aromatic carbocycles. The molecule has 1 heterocycles. The van der Waals surface area contributed by atoms with Crippen molar-refractivity contribution in [2.75, 3.05) is 6.61 Å². The lowest BCUT2D eigenvalue weighted by atomic mass is 10.0. The van der Waals surface area contributed by atoms with Crippen molar-refractivity contribution in [1.29, 1.82) is 0 Å². The van der Waals surface area contributed by atoms with Crippen LogP contribution in [0.4, 0.5) is 0 Å². The topological polar surface area (TPSA) is 47.6 Å². The number of carbonyl (C=O) groups is 1. The van der Waals surface area contributed by atoms with Gasteiger partial charge in [0, 0.05) is 11.8 Å². The van der Waals surface area contributed by atoms with E-state index in [1.54, 1.807) is 13.1 Å². The Labute approximate surface area is 145 Å². The summed E-state index contributed by atoms with van der Waals surface area (Å²) in [6, 6.07) is 17.5. The van der Waals surface area contributed by atoms with E-state index in [0.29, 0.717) is 19.0 Å². The van der Waals surface area contributed by atoms with Crippen molar-refractivity contribution in [3.8, 4) is 5.75 Å². The van der Waals surface area contributed by atoms with Crippen molar-refractivity contribution in [3.63, 3.8) is 0 Å². The first-order chi connectivity index (χ1) is 11.8. The summed E-state index contributed by atoms with van der Waals surface area (Å²) in [6.45, 7) is 2.57. The minimum atomic E-state index is -0.997. The Morgan fingerprint density at radius 2 is 1.88 bits per heavy atom. The smallest absolute Gasteiger partial charge is 0.347 e. The third-order valence-electron chi connectivity index (χ3n) is 3.67. The molecule has 3 rings (SSSR count). The second kappa shape index (κ2) is 7.45. The van der Waals surface area contributed by atoms with Gasteiger partial charge in [-0.3, -0.25) is 0 Å². The van der Waals surface area contributed by atoms with E-state index in [4.69, 9.17) is 9.47 Å². The van der Waals surface area contributed by atoms with Crippen LogP contribution in [-0.4, -0.2) is 12.6 Å². The molecule has 1 unspecified atom stereocenters. The number of esters is 1. The monoisotopic (exact) mass is 341 g/mol. The molecule has 124 valence electrons. The van der Waals surface area contributed by atoms with Crippen LogP contribution in [0, 0.1) is 0 Å². The van der Waals surface area contributed by atoms with E-state index < -0.39 is 4.87 Å². The summed E-state index contributed by atoms with van der Waals surface area (Å²) < 4.78 is 11.3. The molecule has 0 spiro atoms. The van der Waals surface area contributed by atoms with E-state index in [0.717, 1.165) is 11.1 Å². The van der Waals surface area contributed by atoms with Crippen LogP contribution >= 0.6 is 11.8 Å². The lowest BCUT2D eigenvalue weighted by Crippen LogP contribution is -2.42. The molecule has 24 heavy (non-hydrogen) atoms. The Morgan fingerprint density at radius 3 is 2.58 bits per heavy atom. The summed E-state index contributed by atoms with van der Waals surface area (Å²) in [7, 11) is 0. The van der Waals surface area contributed by atoms with E-state index in [-0.39, 0.29) is 5.97 Å². The van der Waals surface area contributed by atoms with Crippen LogP contribution in [0.1, 0.15) is 18.1 Å². The summed E-state index contributed by atoms with van der Waals surface area (Å²) in [5.74, 6) is 0.342. The van der Waals surface area contributed by atoms with Crippen molar-refractivity contribution in [1.82, 2.24) is 5.32 Å². The van der Waals surface area contributed by atoms with Crippen molar-refractivity contribution >= 4 is 17.7 Å². The third-order valence-corrected chi connectivity index (χ3v) is 4.80. The Bertz CT molecular complexity index is 722. The zero-order valence-corrected chi connectivity index (χ0v) is 14.2. The molecule has 1 aliphatic rings. The molecule has 0 saturated heterocycles. The number of thioether (sulfide) groups is 1. The van der Waals surface area contributed by atoms with Crippen LogP contribution in [0.15, 0.2) is 66.2 Å². The quantitative estimate of drug-likeness (QED) is 0.810. The molecule has 0 aliphatic carbocycles. The van der Waals surface area contributed by atoms with Gasteiger partial charge in [-0.05, 0) is 24.0 Å². The molecule has 0 amide bonds. The van der Waals surface area contributed by atoms with Gasteiger partial charge < -0.3 is 14.8 Å². The molecule has 5 heteroatoms. The fraction of sp³-hybridized carbons (Fsp3) is 0.211. The first kappa shape index (κ1) is 16.5. The van der Waals surface area contributed by atoms with Crippen LogP contribution in [-0.2, 0) is 21.0 Å². The van der Waals surface area contributed by atoms with Crippen molar-refractivity contribution < 1.29 is 14.3 Å². The largest absolute Gasteiger partial charge is 0.488 e. The van der Waals surface area contributed by atoms with Crippen LogP contribution in [0.5, 0.6) is 5.75 Å². The van der Waals surface area contributed by atoms with Gasteiger partial charge in [-0.15, -0.1) is 0 Å². The predicted octanol–water partition coefficient (Wildman–Crippen LogP) is 3.79. The highest BCUT2D eigenvalue weighted by Crippen LogP contribution is 2.43. The number of rotatable bonds is 6. The molecule has 0 fully saturated rings. The lowest BCUT2D eigenvalue weighted by molar-refractivity contribution is -0.147. The first-order valence-electron chi connectivity index (χ1n) is 7.80. The van der Waals surface area contributed by atoms with E-state index in [2.05, 4.69) is 5.32 Å². The number of para-hydroxylation sites is 1. The number of ether oxygens (including phenoxy) is 2. The van der Waals surface area contributed by atoms with E-state index >= 15 is 0 Å². The van der Waals surface area contributed by atoms with Gasteiger partial charge in [0.1, 0.15) is 12.4 Å². The summed E-state index contributed by atoms with van der Waals surface area (Å²) in [6.07, 6.45) is 1.76. The van der Waals surface area contributed by atoms with Gasteiger partial charge in [0.2, 0.25) is 4.87 Å². The SMILES string of the molecule is CCOC(=O)C1(c2ccccc2OCc2ccccc2)NC=CS1. The van der Waals surface area contributed by atoms with Gasteiger partial charge >= 0.3 is 5.97 Å². The number of hydrogen-bond acceptors (Lipinski definition) is 5. The maximum absolute atomic E-state index is 12.6. The molecule has 4 nitrogen and oxygen atoms in total. The zero-order chi connectivity index (χ0) is 16.8. The number of hydrogen-bond donors (Lipinski definition) is 1. The molecular formula is C19H19NO3S. The van der Waals surface area contributed by atoms with Crippen molar-refractivity contribution in [3.05, 3.63) is 77.3 Å². The molecule has 1 aliphatic heterocycles. The van der Waals surface area contributed by atoms with Gasteiger partial charge in [0.05, 0.1) is 6.61 Å². The van der Waals surface area contributed by atoms with Crippen LogP contribution in [0.2, 0.25) is 0 Å². The molecule has 1 atom stereocenters. The maximum atomic E-state index is 12.6. The van der Waals surface area contributed by atoms with E-state index in [9.17, 15) is 4.79 Å². The van der Waals surface area contributed by atoms with Crippen LogP contribution in [0.3, 0.4) is 0 Å². The Morgan fingerprint density at radius 1 is 1.12 bits per heavy atom. The summed E-state index contributed by atoms with van der Waals surface area (Å²) in [5, 5.41) is 4.99. The van der Waals surface area contributed by atoms with Crippen LogP contribution in [0.25, 0.3) is 0 Å². The highest BCUT2D eigenvalue weighted by atomic mass is 32.2. The lowest BCUT2D eigenvalue weighted by Gasteiger charge is -2.28. The normalized spacial score (nSPS) is 18.9. The predicted molar refractivity (Wildman–Crippen MR) is 95.4 cm³/mol. The van der Waals surface area contributed by atoms with E-state index in [1.165, 1.54) is 11.8 Å². The van der Waals surface area contributed by atoms with E-state index in [1.807, 2.05) is 60.0 Å². The highest BCUT2D eigenvalue weighted by molar-refractivity contribution is 8.03. The summed E-state index contributed by atoms with van der Waals surface area (Å²) >= 11 is 1.38. The highest BCUT2D eigenvalue weighted by Gasteiger charge is 2.45.